The zero-order chi connectivity index (χ0) is 21.5. The summed E-state index contributed by atoms with van der Waals surface area (Å²) >= 11 is 0. The predicted molar refractivity (Wildman–Crippen MR) is 114 cm³/mol. The van der Waals surface area contributed by atoms with Crippen LogP contribution in [0.25, 0.3) is 11.3 Å². The van der Waals surface area contributed by atoms with E-state index >= 15 is 0 Å². The standard InChI is InChI=1S/C22H22FN3O3S/c1-14-7-8-15(21-18-5-3-4-6-19(18)22(27)26(2)24-21)13-20(14)30(28,29)25-17-11-9-16(23)10-12-17/h7-13,25H,3-6H2,1-2H3. The first-order valence-corrected chi connectivity index (χ1v) is 11.2. The van der Waals surface area contributed by atoms with Gasteiger partial charge >= 0.3 is 0 Å². The van der Waals surface area contributed by atoms with E-state index in [0.717, 1.165) is 30.4 Å². The molecule has 1 aromatic heterocycles. The lowest BCUT2D eigenvalue weighted by molar-refractivity contribution is 0.600. The maximum absolute atomic E-state index is 13.1. The van der Waals surface area contributed by atoms with Crippen LogP contribution in [0.15, 0.2) is 52.2 Å². The van der Waals surface area contributed by atoms with Gasteiger partial charge in [-0.25, -0.2) is 17.5 Å². The molecule has 0 fully saturated rings. The van der Waals surface area contributed by atoms with Gasteiger partial charge in [-0.1, -0.05) is 12.1 Å². The molecule has 4 rings (SSSR count). The molecule has 1 N–H and O–H groups in total. The van der Waals surface area contributed by atoms with Gasteiger partial charge < -0.3 is 0 Å². The Balaban J connectivity index is 1.80. The number of aryl methyl sites for hydroxylation is 2. The van der Waals surface area contributed by atoms with Crippen LogP contribution in [0.1, 0.15) is 29.5 Å². The summed E-state index contributed by atoms with van der Waals surface area (Å²) < 4.78 is 43.0. The fraction of sp³-hybridized carbons (Fsp3) is 0.273. The van der Waals surface area contributed by atoms with E-state index in [2.05, 4.69) is 9.82 Å². The van der Waals surface area contributed by atoms with Gasteiger partial charge in [0.25, 0.3) is 15.6 Å². The first-order valence-electron chi connectivity index (χ1n) is 9.75. The second-order valence-electron chi connectivity index (χ2n) is 7.53. The van der Waals surface area contributed by atoms with Gasteiger partial charge in [-0.3, -0.25) is 9.52 Å². The van der Waals surface area contributed by atoms with Gasteiger partial charge in [-0.2, -0.15) is 5.10 Å². The Morgan fingerprint density at radius 1 is 1.03 bits per heavy atom. The average Bonchev–Trinajstić information content (AvgIpc) is 2.72. The highest BCUT2D eigenvalue weighted by Crippen LogP contribution is 2.31. The molecule has 3 aromatic rings. The number of nitrogens with one attached hydrogen (secondary N) is 1. The van der Waals surface area contributed by atoms with Gasteiger partial charge in [-0.15, -0.1) is 0 Å². The quantitative estimate of drug-likeness (QED) is 0.690. The molecule has 0 amide bonds. The minimum absolute atomic E-state index is 0.0913. The summed E-state index contributed by atoms with van der Waals surface area (Å²) in [6.45, 7) is 1.71. The third-order valence-corrected chi connectivity index (χ3v) is 6.93. The number of hydrogen-bond donors (Lipinski definition) is 1. The number of fused-ring (bicyclic) bond motifs is 1. The number of aromatic nitrogens is 2. The van der Waals surface area contributed by atoms with Crippen LogP contribution in [0.5, 0.6) is 0 Å². The molecule has 2 aromatic carbocycles. The Morgan fingerprint density at radius 2 is 1.70 bits per heavy atom. The second kappa shape index (κ2) is 7.68. The number of rotatable bonds is 4. The van der Waals surface area contributed by atoms with Crippen molar-refractivity contribution in [3.8, 4) is 11.3 Å². The highest BCUT2D eigenvalue weighted by Gasteiger charge is 2.23. The van der Waals surface area contributed by atoms with E-state index in [-0.39, 0.29) is 16.1 Å². The maximum Gasteiger partial charge on any atom is 0.269 e. The first kappa shape index (κ1) is 20.3. The van der Waals surface area contributed by atoms with Crippen molar-refractivity contribution >= 4 is 15.7 Å². The molecule has 6 nitrogen and oxygen atoms in total. The van der Waals surface area contributed by atoms with Crippen LogP contribution >= 0.6 is 0 Å². The Kier molecular flexibility index (Phi) is 5.19. The minimum atomic E-state index is -3.90. The summed E-state index contributed by atoms with van der Waals surface area (Å²) in [6.07, 6.45) is 3.39. The fourth-order valence-electron chi connectivity index (χ4n) is 3.85. The van der Waals surface area contributed by atoms with Crippen molar-refractivity contribution in [2.24, 2.45) is 7.05 Å². The van der Waals surface area contributed by atoms with Gasteiger partial charge in [0.05, 0.1) is 10.6 Å². The van der Waals surface area contributed by atoms with E-state index in [0.29, 0.717) is 23.2 Å². The molecule has 0 aliphatic heterocycles. The van der Waals surface area contributed by atoms with Crippen LogP contribution in [0.2, 0.25) is 0 Å². The van der Waals surface area contributed by atoms with Crippen LogP contribution in [-0.2, 0) is 29.9 Å². The van der Waals surface area contributed by atoms with Crippen LogP contribution in [-0.4, -0.2) is 18.2 Å². The maximum atomic E-state index is 13.1. The van der Waals surface area contributed by atoms with E-state index < -0.39 is 15.8 Å². The molecule has 1 aliphatic carbocycles. The Hall–Kier alpha value is -3.00. The molecule has 0 bridgehead atoms. The van der Waals surface area contributed by atoms with Crippen molar-refractivity contribution in [2.45, 2.75) is 37.5 Å². The molecule has 0 spiro atoms. The van der Waals surface area contributed by atoms with E-state index in [1.165, 1.54) is 28.9 Å². The topological polar surface area (TPSA) is 81.1 Å². The lowest BCUT2D eigenvalue weighted by Crippen LogP contribution is -2.28. The van der Waals surface area contributed by atoms with Crippen molar-refractivity contribution in [3.63, 3.8) is 0 Å². The Morgan fingerprint density at radius 3 is 2.40 bits per heavy atom. The molecule has 0 saturated carbocycles. The lowest BCUT2D eigenvalue weighted by Gasteiger charge is -2.20. The van der Waals surface area contributed by atoms with Crippen LogP contribution in [0.4, 0.5) is 10.1 Å². The van der Waals surface area contributed by atoms with Crippen molar-refractivity contribution in [1.82, 2.24) is 9.78 Å². The average molecular weight is 428 g/mol. The van der Waals surface area contributed by atoms with E-state index in [1.807, 2.05) is 6.07 Å². The number of nitrogens with zero attached hydrogens (tertiary/aromatic N) is 2. The smallest absolute Gasteiger partial charge is 0.269 e. The van der Waals surface area contributed by atoms with Crippen molar-refractivity contribution in [2.75, 3.05) is 4.72 Å². The van der Waals surface area contributed by atoms with Crippen LogP contribution in [0.3, 0.4) is 0 Å². The van der Waals surface area contributed by atoms with Gasteiger partial charge in [0.1, 0.15) is 5.82 Å². The van der Waals surface area contributed by atoms with Gasteiger partial charge in [-0.05, 0) is 74.1 Å². The number of hydrogen-bond acceptors (Lipinski definition) is 4. The van der Waals surface area contributed by atoms with Crippen molar-refractivity contribution < 1.29 is 12.8 Å². The zero-order valence-electron chi connectivity index (χ0n) is 16.8. The summed E-state index contributed by atoms with van der Waals surface area (Å²) in [4.78, 5) is 12.6. The summed E-state index contributed by atoms with van der Waals surface area (Å²) in [5, 5.41) is 4.45. The number of anilines is 1. The zero-order valence-corrected chi connectivity index (χ0v) is 17.6. The van der Waals surface area contributed by atoms with Crippen molar-refractivity contribution in [3.05, 3.63) is 75.3 Å². The van der Waals surface area contributed by atoms with E-state index in [9.17, 15) is 17.6 Å². The lowest BCUT2D eigenvalue weighted by atomic mass is 9.89. The molecule has 1 aliphatic rings. The van der Waals surface area contributed by atoms with Crippen LogP contribution < -0.4 is 10.3 Å². The SMILES string of the molecule is Cc1ccc(-c2nn(C)c(=O)c3c2CCCC3)cc1S(=O)(=O)Nc1ccc(F)cc1. The van der Waals surface area contributed by atoms with E-state index in [1.54, 1.807) is 26.1 Å². The van der Waals surface area contributed by atoms with Gasteiger partial charge in [0.15, 0.2) is 0 Å². The van der Waals surface area contributed by atoms with Gasteiger partial charge in [0.2, 0.25) is 0 Å². The molecule has 0 radical (unpaired) electrons. The van der Waals surface area contributed by atoms with Gasteiger partial charge in [0, 0.05) is 23.9 Å². The number of sulfonamides is 1. The third-order valence-electron chi connectivity index (χ3n) is 5.40. The highest BCUT2D eigenvalue weighted by molar-refractivity contribution is 7.92. The summed E-state index contributed by atoms with van der Waals surface area (Å²) in [5.41, 5.74) is 3.72. The summed E-state index contributed by atoms with van der Waals surface area (Å²) in [7, 11) is -2.28. The van der Waals surface area contributed by atoms with Crippen molar-refractivity contribution in [1.29, 1.82) is 0 Å². The molecule has 156 valence electrons. The normalized spacial score (nSPS) is 13.7. The van der Waals surface area contributed by atoms with Crippen LogP contribution in [0, 0.1) is 12.7 Å². The number of halogens is 1. The number of benzene rings is 2. The highest BCUT2D eigenvalue weighted by atomic mass is 32.2. The molecule has 0 unspecified atom stereocenters. The Labute approximate surface area is 174 Å². The fourth-order valence-corrected chi connectivity index (χ4v) is 5.18. The molecule has 8 heteroatoms. The third kappa shape index (κ3) is 3.75. The summed E-state index contributed by atoms with van der Waals surface area (Å²) in [6, 6.07) is 10.3. The molecule has 0 atom stereocenters. The monoisotopic (exact) mass is 427 g/mol. The molecular weight excluding hydrogens is 405 g/mol. The molecule has 30 heavy (non-hydrogen) atoms. The Bertz CT molecular complexity index is 1280. The molecular formula is C22H22FN3O3S. The minimum Gasteiger partial charge on any atom is -0.280 e. The second-order valence-corrected chi connectivity index (χ2v) is 9.19. The summed E-state index contributed by atoms with van der Waals surface area (Å²) in [5.74, 6) is -0.443. The van der Waals surface area contributed by atoms with E-state index in [4.69, 9.17) is 0 Å². The predicted octanol–water partition coefficient (Wildman–Crippen LogP) is 3.57. The molecule has 1 heterocycles. The largest absolute Gasteiger partial charge is 0.280 e. The molecule has 0 saturated heterocycles. The first-order chi connectivity index (χ1) is 14.3.